The van der Waals surface area contributed by atoms with Crippen LogP contribution in [-0.2, 0) is 16.8 Å². The van der Waals surface area contributed by atoms with Crippen LogP contribution in [-0.4, -0.2) is 46.3 Å². The van der Waals surface area contributed by atoms with Gasteiger partial charge < -0.3 is 34.3 Å². The number of nitrogens with one attached hydrogen (secondary N) is 1. The number of ether oxygens (including phenoxy) is 3. The molecule has 188 valence electrons. The van der Waals surface area contributed by atoms with Crippen molar-refractivity contribution in [3.05, 3.63) is 70.6 Å². The van der Waals surface area contributed by atoms with E-state index < -0.39 is 35.9 Å². The number of aliphatic hydroxyl groups is 2. The van der Waals surface area contributed by atoms with E-state index in [1.165, 1.54) is 29.0 Å². The Morgan fingerprint density at radius 3 is 2.50 bits per heavy atom. The summed E-state index contributed by atoms with van der Waals surface area (Å²) in [5.74, 6) is -0.850. The maximum Gasteiger partial charge on any atom is 0.586 e. The van der Waals surface area contributed by atoms with Crippen LogP contribution in [0.15, 0.2) is 59.5 Å². The first-order valence-electron chi connectivity index (χ1n) is 11.1. The fourth-order valence-electron chi connectivity index (χ4n) is 4.21. The van der Waals surface area contributed by atoms with Crippen LogP contribution in [0.5, 0.6) is 17.2 Å². The molecule has 5 rings (SSSR count). The first kappa shape index (κ1) is 23.8. The van der Waals surface area contributed by atoms with Crippen LogP contribution in [0.1, 0.15) is 12.5 Å². The van der Waals surface area contributed by atoms with Gasteiger partial charge in [-0.25, -0.2) is 0 Å². The number of carbonyl (C=O) groups is 1. The van der Waals surface area contributed by atoms with E-state index in [1.54, 1.807) is 6.92 Å². The lowest BCUT2D eigenvalue weighted by Gasteiger charge is -2.22. The molecule has 3 aromatic rings. The number of anilines is 1. The van der Waals surface area contributed by atoms with Gasteiger partial charge in [-0.15, -0.1) is 8.78 Å². The van der Waals surface area contributed by atoms with E-state index in [-0.39, 0.29) is 36.1 Å². The number of aromatic nitrogens is 1. The minimum Gasteiger partial charge on any atom is -0.492 e. The number of pyridine rings is 1. The van der Waals surface area contributed by atoms with E-state index in [9.17, 15) is 28.6 Å². The number of alkyl halides is 2. The molecule has 2 aliphatic heterocycles. The largest absolute Gasteiger partial charge is 0.586 e. The lowest BCUT2D eigenvalue weighted by Crippen LogP contribution is -2.41. The first-order chi connectivity index (χ1) is 17.1. The second-order valence-electron chi connectivity index (χ2n) is 8.84. The van der Waals surface area contributed by atoms with E-state index in [4.69, 9.17) is 4.74 Å². The molecule has 1 amide bonds. The van der Waals surface area contributed by atoms with Crippen molar-refractivity contribution in [2.45, 2.75) is 31.3 Å². The lowest BCUT2D eigenvalue weighted by atomic mass is 9.83. The summed E-state index contributed by atoms with van der Waals surface area (Å²) >= 11 is 0. The van der Waals surface area contributed by atoms with Crippen molar-refractivity contribution in [3.8, 4) is 28.4 Å². The summed E-state index contributed by atoms with van der Waals surface area (Å²) in [6.07, 6.45) is -3.48. The number of halogens is 2. The molecule has 0 aliphatic carbocycles. The molecule has 0 saturated carbocycles. The number of benzene rings is 2. The second kappa shape index (κ2) is 8.61. The van der Waals surface area contributed by atoms with Crippen molar-refractivity contribution in [3.63, 3.8) is 0 Å². The van der Waals surface area contributed by atoms with Crippen molar-refractivity contribution in [1.29, 1.82) is 0 Å². The zero-order chi connectivity index (χ0) is 25.7. The average Bonchev–Trinajstić information content (AvgIpc) is 3.34. The Kier molecular flexibility index (Phi) is 5.68. The van der Waals surface area contributed by atoms with Crippen molar-refractivity contribution in [1.82, 2.24) is 4.57 Å². The van der Waals surface area contributed by atoms with Gasteiger partial charge in [-0.1, -0.05) is 30.3 Å². The molecule has 36 heavy (non-hydrogen) atoms. The number of aliphatic hydroxyl groups excluding tert-OH is 2. The van der Waals surface area contributed by atoms with Gasteiger partial charge in [-0.2, -0.15) is 0 Å². The summed E-state index contributed by atoms with van der Waals surface area (Å²) in [6.45, 7) is 0.706. The molecule has 0 fully saturated rings. The van der Waals surface area contributed by atoms with Gasteiger partial charge in [-0.05, 0) is 24.6 Å². The van der Waals surface area contributed by atoms with Crippen LogP contribution in [0.2, 0.25) is 0 Å². The molecule has 9 nitrogen and oxygen atoms in total. The van der Waals surface area contributed by atoms with Crippen LogP contribution in [0.25, 0.3) is 11.1 Å². The predicted octanol–water partition coefficient (Wildman–Crippen LogP) is 2.48. The van der Waals surface area contributed by atoms with E-state index >= 15 is 0 Å². The third kappa shape index (κ3) is 4.16. The maximum absolute atomic E-state index is 13.5. The van der Waals surface area contributed by atoms with Gasteiger partial charge in [-0.3, -0.25) is 9.59 Å². The Balaban J connectivity index is 1.50. The van der Waals surface area contributed by atoms with E-state index in [1.807, 2.05) is 30.3 Å². The van der Waals surface area contributed by atoms with Crippen LogP contribution in [0.4, 0.5) is 14.5 Å². The highest BCUT2D eigenvalue weighted by Crippen LogP contribution is 2.50. The number of hydrogen-bond acceptors (Lipinski definition) is 7. The SMILES string of the molecule is C[C@]1(C(=O)Nc2cc(-c3ccccc3)cn(CC(O)CO)c2=O)COc2cc3c(cc21)OC(F)(F)O3. The number of carbonyl (C=O) groups excluding carboxylic acids is 1. The normalized spacial score (nSPS) is 19.9. The van der Waals surface area contributed by atoms with Gasteiger partial charge in [0.25, 0.3) is 5.56 Å². The molecule has 1 unspecified atom stereocenters. The maximum atomic E-state index is 13.5. The molecule has 2 aliphatic rings. The quantitative estimate of drug-likeness (QED) is 0.476. The summed E-state index contributed by atoms with van der Waals surface area (Å²) < 4.78 is 42.8. The van der Waals surface area contributed by atoms with Crippen molar-refractivity contribution >= 4 is 11.6 Å². The molecule has 0 spiro atoms. The molecule has 11 heteroatoms. The fourth-order valence-corrected chi connectivity index (χ4v) is 4.21. The number of amides is 1. The Labute approximate surface area is 203 Å². The average molecular weight is 500 g/mol. The van der Waals surface area contributed by atoms with Crippen molar-refractivity contribution < 1.29 is 38.0 Å². The topological polar surface area (TPSA) is 119 Å². The highest BCUT2D eigenvalue weighted by molar-refractivity contribution is 6.00. The number of rotatable bonds is 6. The van der Waals surface area contributed by atoms with Crippen LogP contribution < -0.4 is 25.1 Å². The fraction of sp³-hybridized carbons (Fsp3) is 0.280. The number of fused-ring (bicyclic) bond motifs is 2. The third-order valence-corrected chi connectivity index (χ3v) is 6.17. The van der Waals surface area contributed by atoms with Crippen LogP contribution in [0.3, 0.4) is 0 Å². The van der Waals surface area contributed by atoms with Gasteiger partial charge in [0.1, 0.15) is 23.5 Å². The minimum atomic E-state index is -3.82. The molecule has 0 radical (unpaired) electrons. The number of nitrogens with zero attached hydrogens (tertiary/aromatic N) is 1. The van der Waals surface area contributed by atoms with Crippen molar-refractivity contribution in [2.24, 2.45) is 0 Å². The molecule has 0 saturated heterocycles. The Morgan fingerprint density at radius 2 is 1.81 bits per heavy atom. The third-order valence-electron chi connectivity index (χ3n) is 6.17. The Morgan fingerprint density at radius 1 is 1.11 bits per heavy atom. The molecule has 2 aromatic carbocycles. The first-order valence-corrected chi connectivity index (χ1v) is 11.1. The molecular weight excluding hydrogens is 478 g/mol. The van der Waals surface area contributed by atoms with Gasteiger partial charge in [0.15, 0.2) is 11.5 Å². The van der Waals surface area contributed by atoms with Gasteiger partial charge >= 0.3 is 6.29 Å². The van der Waals surface area contributed by atoms with Crippen molar-refractivity contribution in [2.75, 3.05) is 18.5 Å². The van der Waals surface area contributed by atoms with E-state index in [2.05, 4.69) is 14.8 Å². The zero-order valence-electron chi connectivity index (χ0n) is 19.0. The summed E-state index contributed by atoms with van der Waals surface area (Å²) in [6, 6.07) is 13.1. The summed E-state index contributed by atoms with van der Waals surface area (Å²) in [5.41, 5.74) is -0.340. The molecule has 3 N–H and O–H groups in total. The Hall–Kier alpha value is -3.96. The molecule has 3 heterocycles. The van der Waals surface area contributed by atoms with Crippen LogP contribution >= 0.6 is 0 Å². The lowest BCUT2D eigenvalue weighted by molar-refractivity contribution is -0.286. The predicted molar refractivity (Wildman–Crippen MR) is 123 cm³/mol. The number of hydrogen-bond donors (Lipinski definition) is 3. The molecule has 0 bridgehead atoms. The monoisotopic (exact) mass is 500 g/mol. The van der Waals surface area contributed by atoms with E-state index in [0.29, 0.717) is 11.1 Å². The molecule has 2 atom stereocenters. The highest BCUT2D eigenvalue weighted by Gasteiger charge is 2.49. The minimum absolute atomic E-state index is 0.0616. The molecular formula is C25H22F2N2O7. The summed E-state index contributed by atoms with van der Waals surface area (Å²) in [7, 11) is 0. The smallest absolute Gasteiger partial charge is 0.492 e. The summed E-state index contributed by atoms with van der Waals surface area (Å²) in [4.78, 5) is 26.6. The Bertz CT molecular complexity index is 1390. The highest BCUT2D eigenvalue weighted by atomic mass is 19.3. The van der Waals surface area contributed by atoms with Crippen LogP contribution in [0, 0.1) is 0 Å². The zero-order valence-corrected chi connectivity index (χ0v) is 19.0. The summed E-state index contributed by atoms with van der Waals surface area (Å²) in [5, 5.41) is 21.8. The second-order valence-corrected chi connectivity index (χ2v) is 8.84. The standard InChI is InChI=1S/C25H22F2N2O7/c1-24(13-34-19-9-21-20(8-17(19)24)35-25(26,27)36-21)23(33)28-18-7-15(14-5-3-2-4-6-14)10-29(22(18)32)11-16(31)12-30/h2-10,16,30-31H,11-13H2,1H3,(H,28,33)/t16?,24-/m0/s1. The van der Waals surface area contributed by atoms with E-state index in [0.717, 1.165) is 5.56 Å². The molecule has 1 aromatic heterocycles. The van der Waals surface area contributed by atoms with Gasteiger partial charge in [0.05, 0.1) is 19.3 Å². The van der Waals surface area contributed by atoms with Gasteiger partial charge in [0, 0.05) is 23.4 Å². The van der Waals surface area contributed by atoms with Gasteiger partial charge in [0.2, 0.25) is 5.91 Å².